The van der Waals surface area contributed by atoms with Crippen molar-refractivity contribution in [3.05, 3.63) is 108 Å². The van der Waals surface area contributed by atoms with E-state index in [1.807, 2.05) is 54.6 Å². The number of nitrogens with zero attached hydrogens (tertiary/aromatic N) is 2. The zero-order chi connectivity index (χ0) is 39.0. The first-order chi connectivity index (χ1) is 24.7. The maximum absolute atomic E-state index is 12.8. The number of carbonyl (C=O) groups is 1. The van der Waals surface area contributed by atoms with E-state index in [-0.39, 0.29) is 24.9 Å². The topological polar surface area (TPSA) is 113 Å². The molecule has 2 aliphatic rings. The Balaban J connectivity index is 1.46. The number of fused-ring (bicyclic) bond motifs is 4. The van der Waals surface area contributed by atoms with Gasteiger partial charge in [0.2, 0.25) is 15.7 Å². The number of unbranched alkanes of at least 4 members (excludes halogenated alkanes) is 1. The quantitative estimate of drug-likeness (QED) is 0.0782. The van der Waals surface area contributed by atoms with Gasteiger partial charge in [-0.1, -0.05) is 75.0 Å². The molecule has 0 aliphatic carbocycles. The second-order valence-electron chi connectivity index (χ2n) is 14.4. The SMILES string of the molecule is C=C(C)C(=O)OCCC[N+]1=C(C=CC=C2N(CCCCS(=O)(=O)NS(=O)(=O)C(F)(F)F)c3ccc4ccccc4c3C2(C)C)C(C)(C)c2ccccc21. The molecular formula is C39H45F3N3O6S2+. The van der Waals surface area contributed by atoms with Crippen LogP contribution in [-0.2, 0) is 40.4 Å². The number of anilines is 1. The smallest absolute Gasteiger partial charge is 0.462 e. The second kappa shape index (κ2) is 14.9. The van der Waals surface area contributed by atoms with Gasteiger partial charge in [-0.2, -0.15) is 17.7 Å². The monoisotopic (exact) mass is 772 g/mol. The summed E-state index contributed by atoms with van der Waals surface area (Å²) < 4.78 is 94.4. The number of ether oxygens (including phenoxy) is 1. The predicted molar refractivity (Wildman–Crippen MR) is 202 cm³/mol. The van der Waals surface area contributed by atoms with Crippen LogP contribution in [0.25, 0.3) is 10.8 Å². The Bertz CT molecular complexity index is 2260. The molecule has 2 aliphatic heterocycles. The van der Waals surface area contributed by atoms with Gasteiger partial charge in [0, 0.05) is 53.0 Å². The van der Waals surface area contributed by atoms with Crippen molar-refractivity contribution in [1.82, 2.24) is 4.13 Å². The largest absolute Gasteiger partial charge is 0.512 e. The summed E-state index contributed by atoms with van der Waals surface area (Å²) in [4.78, 5) is 14.1. The van der Waals surface area contributed by atoms with Gasteiger partial charge in [0.25, 0.3) is 0 Å². The highest BCUT2D eigenvalue weighted by Gasteiger charge is 2.48. The van der Waals surface area contributed by atoms with E-state index in [2.05, 4.69) is 68.0 Å². The molecule has 0 bridgehead atoms. The molecule has 0 amide bonds. The molecule has 0 aromatic heterocycles. The van der Waals surface area contributed by atoms with Crippen molar-refractivity contribution in [3.8, 4) is 0 Å². The maximum atomic E-state index is 12.8. The van der Waals surface area contributed by atoms with Crippen LogP contribution in [-0.4, -0.2) is 64.0 Å². The predicted octanol–water partition coefficient (Wildman–Crippen LogP) is 7.51. The van der Waals surface area contributed by atoms with Gasteiger partial charge in [0.05, 0.1) is 17.8 Å². The fourth-order valence-electron chi connectivity index (χ4n) is 7.22. The Morgan fingerprint density at radius 1 is 0.943 bits per heavy atom. The summed E-state index contributed by atoms with van der Waals surface area (Å²) in [6.07, 6.45) is 6.90. The van der Waals surface area contributed by atoms with Crippen molar-refractivity contribution >= 4 is 53.9 Å². The molecule has 0 saturated heterocycles. The molecule has 5 rings (SSSR count). The van der Waals surface area contributed by atoms with Gasteiger partial charge >= 0.3 is 21.5 Å². The van der Waals surface area contributed by atoms with Gasteiger partial charge in [-0.3, -0.25) is 0 Å². The first-order valence-electron chi connectivity index (χ1n) is 17.3. The van der Waals surface area contributed by atoms with E-state index in [4.69, 9.17) is 4.74 Å². The lowest BCUT2D eigenvalue weighted by atomic mass is 9.80. The average Bonchev–Trinajstić information content (AvgIpc) is 3.42. The number of sulfonamides is 2. The fraction of sp³-hybridized carbons (Fsp3) is 0.385. The van der Waals surface area contributed by atoms with Crippen molar-refractivity contribution in [2.45, 2.75) is 70.2 Å². The van der Waals surface area contributed by atoms with Crippen molar-refractivity contribution in [2.75, 3.05) is 30.3 Å². The molecule has 2 heterocycles. The number of hydrogen-bond donors (Lipinski definition) is 1. The number of benzene rings is 3. The first kappa shape index (κ1) is 39.9. The highest BCUT2D eigenvalue weighted by Crippen LogP contribution is 2.51. The van der Waals surface area contributed by atoms with Crippen molar-refractivity contribution in [3.63, 3.8) is 0 Å². The molecule has 0 atom stereocenters. The van der Waals surface area contributed by atoms with Crippen LogP contribution in [0, 0.1) is 0 Å². The van der Waals surface area contributed by atoms with E-state index in [1.165, 1.54) is 5.56 Å². The summed E-state index contributed by atoms with van der Waals surface area (Å²) in [6.45, 7) is 15.0. The molecule has 3 aromatic rings. The first-order valence-corrected chi connectivity index (χ1v) is 20.4. The highest BCUT2D eigenvalue weighted by molar-refractivity contribution is 8.05. The molecule has 1 N–H and O–H groups in total. The van der Waals surface area contributed by atoms with E-state index in [9.17, 15) is 34.8 Å². The van der Waals surface area contributed by atoms with Gasteiger partial charge in [-0.05, 0) is 62.1 Å². The second-order valence-corrected chi connectivity index (χ2v) is 18.2. The summed E-state index contributed by atoms with van der Waals surface area (Å²) in [5.41, 5.74) is 0.0142. The molecule has 0 unspecified atom stereocenters. The van der Waals surface area contributed by atoms with Gasteiger partial charge in [-0.15, -0.1) is 4.13 Å². The minimum Gasteiger partial charge on any atom is -0.462 e. The van der Waals surface area contributed by atoms with Crippen molar-refractivity contribution in [1.29, 1.82) is 0 Å². The minimum atomic E-state index is -6.05. The van der Waals surface area contributed by atoms with Crippen LogP contribution >= 0.6 is 0 Å². The minimum absolute atomic E-state index is 0.0767. The van der Waals surface area contributed by atoms with Crippen LogP contribution in [0.1, 0.15) is 65.0 Å². The molecule has 9 nitrogen and oxygen atoms in total. The molecule has 14 heteroatoms. The fourth-order valence-corrected chi connectivity index (χ4v) is 9.85. The Morgan fingerprint density at radius 2 is 1.62 bits per heavy atom. The summed E-state index contributed by atoms with van der Waals surface area (Å²) in [5.74, 6) is -1.22. The summed E-state index contributed by atoms with van der Waals surface area (Å²) >= 11 is 0. The van der Waals surface area contributed by atoms with Crippen molar-refractivity contribution in [2.24, 2.45) is 0 Å². The van der Waals surface area contributed by atoms with Crippen molar-refractivity contribution < 1.29 is 44.1 Å². The average molecular weight is 773 g/mol. The Kier molecular flexibility index (Phi) is 11.2. The zero-order valence-electron chi connectivity index (χ0n) is 30.5. The summed E-state index contributed by atoms with van der Waals surface area (Å²) in [5, 5.41) is 2.13. The third kappa shape index (κ3) is 8.14. The number of esters is 1. The van der Waals surface area contributed by atoms with E-state index < -0.39 is 42.7 Å². The number of para-hydroxylation sites is 1. The number of hydrogen-bond acceptors (Lipinski definition) is 7. The normalized spacial score (nSPS) is 17.5. The lowest BCUT2D eigenvalue weighted by Crippen LogP contribution is -2.41. The molecule has 3 aromatic carbocycles. The number of allylic oxidation sites excluding steroid dienone is 4. The van der Waals surface area contributed by atoms with E-state index in [0.717, 1.165) is 43.2 Å². The van der Waals surface area contributed by atoms with E-state index >= 15 is 0 Å². The molecule has 0 saturated carbocycles. The molecular weight excluding hydrogens is 728 g/mol. The molecule has 284 valence electrons. The van der Waals surface area contributed by atoms with Gasteiger partial charge in [0.1, 0.15) is 0 Å². The van der Waals surface area contributed by atoms with E-state index in [0.29, 0.717) is 25.1 Å². The Labute approximate surface area is 309 Å². The van der Waals surface area contributed by atoms with E-state index in [1.54, 1.807) is 6.92 Å². The van der Waals surface area contributed by atoms with Gasteiger partial charge < -0.3 is 9.64 Å². The third-order valence-electron chi connectivity index (χ3n) is 9.76. The van der Waals surface area contributed by atoms with Crippen LogP contribution < -0.4 is 9.03 Å². The molecule has 0 spiro atoms. The van der Waals surface area contributed by atoms with Crippen LogP contribution in [0.5, 0.6) is 0 Å². The number of halogens is 3. The summed E-state index contributed by atoms with van der Waals surface area (Å²) in [7, 11) is -10.8. The lowest BCUT2D eigenvalue weighted by molar-refractivity contribution is -0.438. The van der Waals surface area contributed by atoms with Gasteiger partial charge in [-0.25, -0.2) is 21.6 Å². The standard InChI is InChI=1S/C39H45F3N3O6S2/c1-27(2)36(46)51-25-14-24-44-31-18-10-9-17-30(31)37(3,4)33(44)19-13-20-34-38(5,6)35-29-16-8-7-15-28(29)21-22-32(35)45(34)23-11-12-26-52(47,48)43-53(49,50)39(40,41)42/h7-10,13,15-22,43H,1,11-12,14,23-26H2,2-6H3/q+1. The maximum Gasteiger partial charge on any atom is 0.512 e. The Hall–Kier alpha value is -4.27. The third-order valence-corrected chi connectivity index (χ3v) is 13.1. The van der Waals surface area contributed by atoms with Crippen LogP contribution in [0.2, 0.25) is 0 Å². The van der Waals surface area contributed by atoms with Crippen LogP contribution in [0.3, 0.4) is 0 Å². The molecule has 53 heavy (non-hydrogen) atoms. The number of carbonyl (C=O) groups excluding carboxylic acids is 1. The number of nitrogens with one attached hydrogen (secondary N) is 1. The molecule has 0 radical (unpaired) electrons. The molecule has 0 fully saturated rings. The lowest BCUT2D eigenvalue weighted by Gasteiger charge is -2.27. The number of alkyl halides is 3. The Morgan fingerprint density at radius 3 is 2.32 bits per heavy atom. The van der Waals surface area contributed by atoms with Crippen LogP contribution in [0.15, 0.2) is 96.7 Å². The zero-order valence-corrected chi connectivity index (χ0v) is 32.1. The number of rotatable bonds is 14. The van der Waals surface area contributed by atoms with Gasteiger partial charge in [0.15, 0.2) is 12.3 Å². The highest BCUT2D eigenvalue weighted by atomic mass is 32.3. The van der Waals surface area contributed by atoms with Crippen LogP contribution in [0.4, 0.5) is 24.5 Å². The summed E-state index contributed by atoms with van der Waals surface area (Å²) in [6, 6.07) is 20.3.